The smallest absolute Gasteiger partial charge is 0.237 e. The quantitative estimate of drug-likeness (QED) is 0.104. The normalized spacial score (nSPS) is 15.5. The minimum atomic E-state index is -1.83. The van der Waals surface area contributed by atoms with Gasteiger partial charge in [-0.05, 0) is 60.2 Å². The first-order valence-electron chi connectivity index (χ1n) is 18.5. The number of Topliss-reactive ketones (excluding diaryl/α,β-unsaturated/α-hetero) is 1. The Labute approximate surface area is 320 Å². The lowest BCUT2D eigenvalue weighted by Crippen LogP contribution is -2.44. The summed E-state index contributed by atoms with van der Waals surface area (Å²) in [6, 6.07) is 15.5. The van der Waals surface area contributed by atoms with Gasteiger partial charge in [0, 0.05) is 69.0 Å². The number of hydrogen-bond donors (Lipinski definition) is 0. The van der Waals surface area contributed by atoms with E-state index in [2.05, 4.69) is 63.6 Å². The number of carbonyl (C=O) groups is 1. The molecular formula is C42H51ClN6O3Si. The molecule has 4 heterocycles. The summed E-state index contributed by atoms with van der Waals surface area (Å²) < 4.78 is 12.1. The molecule has 0 spiro atoms. The molecule has 0 amide bonds. The number of methoxy groups -OCH3 is 1. The molecule has 1 saturated heterocycles. The van der Waals surface area contributed by atoms with E-state index in [1.165, 1.54) is 5.56 Å². The van der Waals surface area contributed by atoms with Crippen LogP contribution in [-0.2, 0) is 30.4 Å². The summed E-state index contributed by atoms with van der Waals surface area (Å²) in [6.07, 6.45) is 2.66. The Morgan fingerprint density at radius 2 is 1.79 bits per heavy atom. The summed E-state index contributed by atoms with van der Waals surface area (Å²) in [7, 11) is -0.226. The molecule has 0 radical (unpaired) electrons. The number of hydrogen-bond acceptors (Lipinski definition) is 9. The molecule has 0 atom stereocenters. The van der Waals surface area contributed by atoms with Gasteiger partial charge in [-0.15, -0.1) is 0 Å². The number of benzene rings is 2. The zero-order chi connectivity index (χ0) is 38.1. The summed E-state index contributed by atoms with van der Waals surface area (Å²) in [5.41, 5.74) is 8.09. The van der Waals surface area contributed by atoms with E-state index < -0.39 is 8.32 Å². The average Bonchev–Trinajstić information content (AvgIpc) is 3.10. The summed E-state index contributed by atoms with van der Waals surface area (Å²) in [4.78, 5) is 32.9. The zero-order valence-corrected chi connectivity index (χ0v) is 34.1. The van der Waals surface area contributed by atoms with Gasteiger partial charge in [0.1, 0.15) is 17.5 Å². The maximum absolute atomic E-state index is 13.9. The highest BCUT2D eigenvalue weighted by atomic mass is 35.5. The number of nitriles is 1. The van der Waals surface area contributed by atoms with Gasteiger partial charge in [0.2, 0.25) is 5.88 Å². The third-order valence-corrected chi connectivity index (χ3v) is 16.1. The van der Waals surface area contributed by atoms with Crippen molar-refractivity contribution in [1.82, 2.24) is 24.8 Å². The van der Waals surface area contributed by atoms with E-state index in [9.17, 15) is 10.1 Å². The largest absolute Gasteiger partial charge is 0.480 e. The van der Waals surface area contributed by atoms with Crippen molar-refractivity contribution in [2.75, 3.05) is 39.9 Å². The Morgan fingerprint density at radius 3 is 2.49 bits per heavy atom. The number of aromatic nitrogens is 3. The van der Waals surface area contributed by atoms with Crippen LogP contribution < -0.4 is 4.74 Å². The predicted molar refractivity (Wildman–Crippen MR) is 213 cm³/mol. The molecule has 2 aliphatic heterocycles. The number of fused-ring (bicyclic) bond motifs is 1. The fraction of sp³-hybridized carbons (Fsp3) is 0.452. The number of rotatable bonds is 12. The molecular weight excluding hydrogens is 700 g/mol. The van der Waals surface area contributed by atoms with Crippen LogP contribution in [0.4, 0.5) is 0 Å². The summed E-state index contributed by atoms with van der Waals surface area (Å²) in [6.45, 7) is 21.5. The fourth-order valence-electron chi connectivity index (χ4n) is 7.05. The van der Waals surface area contributed by atoms with Crippen LogP contribution in [0.15, 0.2) is 48.7 Å². The van der Waals surface area contributed by atoms with Crippen LogP contribution in [0.2, 0.25) is 23.2 Å². The standard InChI is InChI=1S/C42H51ClN6O3Si/c1-27-23-49(24-27)26-38-41(51-6)47-36(22-45-38)33-14-10-13-32(40(33)43)31-12-9-11-29(34(31)21-44)20-39(50)35-19-28(2)30-15-16-48(25-37(30)46-35)17-18-52-53(7,8)42(3,4)5/h9-14,19,22,27H,15-18,20,23-26H2,1-8H3. The van der Waals surface area contributed by atoms with Crippen molar-refractivity contribution in [2.24, 2.45) is 5.92 Å². The van der Waals surface area contributed by atoms with Crippen LogP contribution in [-0.4, -0.2) is 78.7 Å². The van der Waals surface area contributed by atoms with Crippen molar-refractivity contribution in [3.05, 3.63) is 93.0 Å². The number of pyridine rings is 1. The van der Waals surface area contributed by atoms with Crippen LogP contribution in [0, 0.1) is 24.2 Å². The molecule has 11 heteroatoms. The Kier molecular flexibility index (Phi) is 11.5. The first-order chi connectivity index (χ1) is 25.2. The molecule has 0 bridgehead atoms. The molecule has 53 heavy (non-hydrogen) atoms. The number of halogens is 1. The van der Waals surface area contributed by atoms with Crippen molar-refractivity contribution in [1.29, 1.82) is 5.26 Å². The number of carbonyl (C=O) groups excluding carboxylic acids is 1. The molecule has 0 unspecified atom stereocenters. The molecule has 6 rings (SSSR count). The fourth-order valence-corrected chi connectivity index (χ4v) is 8.41. The van der Waals surface area contributed by atoms with Gasteiger partial charge < -0.3 is 9.16 Å². The van der Waals surface area contributed by atoms with E-state index in [1.807, 2.05) is 42.5 Å². The van der Waals surface area contributed by atoms with E-state index in [0.29, 0.717) is 75.7 Å². The lowest BCUT2D eigenvalue weighted by molar-refractivity contribution is 0.0987. The van der Waals surface area contributed by atoms with Crippen molar-refractivity contribution < 1.29 is 14.0 Å². The van der Waals surface area contributed by atoms with Crippen LogP contribution in [0.3, 0.4) is 0 Å². The number of ketones is 1. The zero-order valence-electron chi connectivity index (χ0n) is 32.3. The average molecular weight is 751 g/mol. The lowest BCUT2D eigenvalue weighted by Gasteiger charge is -2.37. The predicted octanol–water partition coefficient (Wildman–Crippen LogP) is 8.30. The van der Waals surface area contributed by atoms with Gasteiger partial charge in [-0.3, -0.25) is 19.6 Å². The molecule has 0 N–H and O–H groups in total. The molecule has 0 saturated carbocycles. The molecule has 4 aromatic rings. The number of aryl methyl sites for hydroxylation is 1. The Morgan fingerprint density at radius 1 is 1.08 bits per heavy atom. The van der Waals surface area contributed by atoms with Gasteiger partial charge in [-0.2, -0.15) is 5.26 Å². The van der Waals surface area contributed by atoms with Crippen molar-refractivity contribution in [3.63, 3.8) is 0 Å². The highest BCUT2D eigenvalue weighted by molar-refractivity contribution is 6.74. The van der Waals surface area contributed by atoms with Crippen molar-refractivity contribution in [3.8, 4) is 34.3 Å². The molecule has 0 aliphatic carbocycles. The maximum atomic E-state index is 13.9. The maximum Gasteiger partial charge on any atom is 0.237 e. The third-order valence-electron chi connectivity index (χ3n) is 11.1. The number of ether oxygens (including phenoxy) is 1. The van der Waals surface area contributed by atoms with Crippen molar-refractivity contribution >= 4 is 25.7 Å². The van der Waals surface area contributed by atoms with Crippen LogP contribution in [0.25, 0.3) is 22.4 Å². The van der Waals surface area contributed by atoms with Gasteiger partial charge in [0.25, 0.3) is 0 Å². The Hall–Kier alpha value is -3.98. The number of likely N-dealkylation sites (tertiary alicyclic amines) is 1. The monoisotopic (exact) mass is 750 g/mol. The highest BCUT2D eigenvalue weighted by Crippen LogP contribution is 2.39. The molecule has 1 fully saturated rings. The van der Waals surface area contributed by atoms with Gasteiger partial charge >= 0.3 is 0 Å². The van der Waals surface area contributed by atoms with Crippen LogP contribution >= 0.6 is 11.6 Å². The first kappa shape index (κ1) is 38.7. The topological polar surface area (TPSA) is 104 Å². The molecule has 9 nitrogen and oxygen atoms in total. The highest BCUT2D eigenvalue weighted by Gasteiger charge is 2.37. The van der Waals surface area contributed by atoms with E-state index >= 15 is 0 Å². The molecule has 2 aromatic carbocycles. The second kappa shape index (κ2) is 15.8. The second-order valence-corrected chi connectivity index (χ2v) is 21.3. The van der Waals surface area contributed by atoms with E-state index in [1.54, 1.807) is 13.3 Å². The van der Waals surface area contributed by atoms with Gasteiger partial charge in [0.15, 0.2) is 14.1 Å². The SMILES string of the molecule is COc1nc(-c2cccc(-c3cccc(CC(=O)c4cc(C)c5c(n4)CN(CCO[Si](C)(C)C(C)(C)C)CC5)c3C#N)c2Cl)cnc1CN1CC(C)C1. The number of nitrogens with zero attached hydrogens (tertiary/aromatic N) is 6. The second-order valence-electron chi connectivity index (χ2n) is 16.1. The Balaban J connectivity index is 1.20. The summed E-state index contributed by atoms with van der Waals surface area (Å²) in [5, 5.41) is 11.1. The first-order valence-corrected chi connectivity index (χ1v) is 21.8. The van der Waals surface area contributed by atoms with Crippen molar-refractivity contribution in [2.45, 2.75) is 78.7 Å². The lowest BCUT2D eigenvalue weighted by atomic mass is 9.91. The minimum Gasteiger partial charge on any atom is -0.480 e. The summed E-state index contributed by atoms with van der Waals surface area (Å²) in [5.74, 6) is 1.03. The van der Waals surface area contributed by atoms with E-state index in [-0.39, 0.29) is 17.2 Å². The van der Waals surface area contributed by atoms with E-state index in [0.717, 1.165) is 49.6 Å². The third kappa shape index (κ3) is 8.40. The van der Waals surface area contributed by atoms with E-state index in [4.69, 9.17) is 35.7 Å². The van der Waals surface area contributed by atoms with Gasteiger partial charge in [-0.1, -0.05) is 75.7 Å². The molecule has 2 aliphatic rings. The minimum absolute atomic E-state index is 0.0449. The van der Waals surface area contributed by atoms with Gasteiger partial charge in [-0.25, -0.2) is 9.97 Å². The Bertz CT molecular complexity index is 2050. The van der Waals surface area contributed by atoms with Crippen LogP contribution in [0.5, 0.6) is 5.88 Å². The molecule has 278 valence electrons. The molecule has 2 aromatic heterocycles. The van der Waals surface area contributed by atoms with Gasteiger partial charge in [0.05, 0.1) is 35.3 Å². The van der Waals surface area contributed by atoms with Crippen LogP contribution in [0.1, 0.15) is 71.8 Å². The summed E-state index contributed by atoms with van der Waals surface area (Å²) >= 11 is 7.09.